The Morgan fingerprint density at radius 2 is 2.05 bits per heavy atom. The third-order valence-electron chi connectivity index (χ3n) is 3.18. The Balaban J connectivity index is 0.00000180. The van der Waals surface area contributed by atoms with Crippen LogP contribution >= 0.6 is 36.2 Å². The summed E-state index contributed by atoms with van der Waals surface area (Å²) in [6.45, 7) is 5.24. The number of aromatic nitrogens is 1. The second kappa shape index (κ2) is 10.3. The SMILES string of the molecule is CNCCC(=O)N1CCN(Cc2cscn2)CC1.Cl.Cl. The predicted molar refractivity (Wildman–Crippen MR) is 87.0 cm³/mol. The van der Waals surface area contributed by atoms with Crippen LogP contribution in [-0.2, 0) is 11.3 Å². The first-order valence-corrected chi connectivity index (χ1v) is 7.25. The van der Waals surface area contributed by atoms with Crippen LogP contribution in [0.15, 0.2) is 10.9 Å². The van der Waals surface area contributed by atoms with E-state index in [1.54, 1.807) is 11.3 Å². The highest BCUT2D eigenvalue weighted by Crippen LogP contribution is 2.09. The summed E-state index contributed by atoms with van der Waals surface area (Å²) >= 11 is 1.63. The summed E-state index contributed by atoms with van der Waals surface area (Å²) in [6.07, 6.45) is 0.600. The van der Waals surface area contributed by atoms with Crippen molar-refractivity contribution in [2.45, 2.75) is 13.0 Å². The Morgan fingerprint density at radius 3 is 2.60 bits per heavy atom. The first-order chi connectivity index (χ1) is 8.79. The summed E-state index contributed by atoms with van der Waals surface area (Å²) in [5, 5.41) is 5.10. The normalized spacial score (nSPS) is 15.3. The zero-order chi connectivity index (χ0) is 12.8. The van der Waals surface area contributed by atoms with E-state index in [0.717, 1.165) is 45.0 Å². The molecule has 0 atom stereocenters. The van der Waals surface area contributed by atoms with E-state index in [-0.39, 0.29) is 30.7 Å². The quantitative estimate of drug-likeness (QED) is 0.876. The van der Waals surface area contributed by atoms with Gasteiger partial charge >= 0.3 is 0 Å². The van der Waals surface area contributed by atoms with E-state index in [4.69, 9.17) is 0 Å². The van der Waals surface area contributed by atoms with Crippen molar-refractivity contribution in [3.8, 4) is 0 Å². The number of nitrogens with zero attached hydrogens (tertiary/aromatic N) is 3. The van der Waals surface area contributed by atoms with Gasteiger partial charge < -0.3 is 10.2 Å². The summed E-state index contributed by atoms with van der Waals surface area (Å²) in [7, 11) is 1.87. The van der Waals surface area contributed by atoms with E-state index in [1.807, 2.05) is 17.5 Å². The molecule has 1 aromatic rings. The molecule has 0 radical (unpaired) electrons. The van der Waals surface area contributed by atoms with Crippen LogP contribution in [0.4, 0.5) is 0 Å². The summed E-state index contributed by atoms with van der Waals surface area (Å²) in [5.41, 5.74) is 3.00. The van der Waals surface area contributed by atoms with Gasteiger partial charge in [0.1, 0.15) is 0 Å². The predicted octanol–water partition coefficient (Wildman–Crippen LogP) is 1.24. The van der Waals surface area contributed by atoms with Gasteiger partial charge in [-0.05, 0) is 7.05 Å². The van der Waals surface area contributed by atoms with E-state index >= 15 is 0 Å². The third kappa shape index (κ3) is 5.93. The van der Waals surface area contributed by atoms with Crippen LogP contribution in [0.2, 0.25) is 0 Å². The highest BCUT2D eigenvalue weighted by atomic mass is 35.5. The van der Waals surface area contributed by atoms with Gasteiger partial charge in [-0.2, -0.15) is 0 Å². The Morgan fingerprint density at radius 1 is 1.35 bits per heavy atom. The Labute approximate surface area is 136 Å². The molecule has 0 unspecified atom stereocenters. The molecule has 1 aliphatic heterocycles. The zero-order valence-electron chi connectivity index (χ0n) is 11.6. The van der Waals surface area contributed by atoms with Crippen molar-refractivity contribution >= 4 is 42.1 Å². The van der Waals surface area contributed by atoms with Crippen LogP contribution in [0.3, 0.4) is 0 Å². The number of carbonyl (C=O) groups is 1. The molecule has 2 rings (SSSR count). The number of hydrogen-bond acceptors (Lipinski definition) is 5. The van der Waals surface area contributed by atoms with Crippen LogP contribution in [0.5, 0.6) is 0 Å². The van der Waals surface area contributed by atoms with Crippen LogP contribution in [-0.4, -0.2) is 60.5 Å². The van der Waals surface area contributed by atoms with Crippen molar-refractivity contribution in [3.63, 3.8) is 0 Å². The second-order valence-electron chi connectivity index (χ2n) is 4.49. The van der Waals surface area contributed by atoms with Crippen LogP contribution < -0.4 is 5.32 Å². The number of carbonyl (C=O) groups excluding carboxylic acids is 1. The standard InChI is InChI=1S/C12H20N4OS.2ClH/c1-13-3-2-12(17)16-6-4-15(5-7-16)8-11-9-18-10-14-11;;/h9-10,13H,2-8H2,1H3;2*1H. The molecule has 0 bridgehead atoms. The molecule has 2 heterocycles. The van der Waals surface area contributed by atoms with Gasteiger partial charge in [0.2, 0.25) is 5.91 Å². The summed E-state index contributed by atoms with van der Waals surface area (Å²) in [4.78, 5) is 20.5. The summed E-state index contributed by atoms with van der Waals surface area (Å²) in [5.74, 6) is 0.262. The molecule has 20 heavy (non-hydrogen) atoms. The monoisotopic (exact) mass is 340 g/mol. The topological polar surface area (TPSA) is 48.5 Å². The molecule has 116 valence electrons. The molecular weight excluding hydrogens is 319 g/mol. The van der Waals surface area contributed by atoms with Gasteiger partial charge in [0.15, 0.2) is 0 Å². The lowest BCUT2D eigenvalue weighted by atomic mass is 10.2. The third-order valence-corrected chi connectivity index (χ3v) is 3.82. The van der Waals surface area contributed by atoms with Gasteiger partial charge in [-0.25, -0.2) is 4.98 Å². The minimum atomic E-state index is 0. The van der Waals surface area contributed by atoms with Crippen LogP contribution in [0, 0.1) is 0 Å². The Hall–Kier alpha value is -0.400. The fraction of sp³-hybridized carbons (Fsp3) is 0.667. The second-order valence-corrected chi connectivity index (χ2v) is 5.21. The molecule has 1 saturated heterocycles. The molecule has 1 aromatic heterocycles. The molecule has 0 saturated carbocycles. The van der Waals surface area contributed by atoms with Crippen molar-refractivity contribution in [2.75, 3.05) is 39.8 Å². The fourth-order valence-corrected chi connectivity index (χ4v) is 2.64. The maximum absolute atomic E-state index is 11.8. The number of halogens is 2. The van der Waals surface area contributed by atoms with Crippen molar-refractivity contribution in [1.29, 1.82) is 0 Å². The van der Waals surface area contributed by atoms with Gasteiger partial charge in [0.25, 0.3) is 0 Å². The lowest BCUT2D eigenvalue weighted by Crippen LogP contribution is -2.48. The molecule has 0 aromatic carbocycles. The number of thiazole rings is 1. The van der Waals surface area contributed by atoms with Gasteiger partial charge in [-0.1, -0.05) is 0 Å². The van der Waals surface area contributed by atoms with E-state index in [0.29, 0.717) is 6.42 Å². The van der Waals surface area contributed by atoms with E-state index in [1.165, 1.54) is 0 Å². The van der Waals surface area contributed by atoms with Crippen molar-refractivity contribution < 1.29 is 4.79 Å². The molecule has 0 aliphatic carbocycles. The molecule has 0 spiro atoms. The van der Waals surface area contributed by atoms with Gasteiger partial charge in [-0.15, -0.1) is 36.2 Å². The molecule has 5 nitrogen and oxygen atoms in total. The van der Waals surface area contributed by atoms with Gasteiger partial charge in [0, 0.05) is 51.1 Å². The Kier molecular flexibility index (Phi) is 10.1. The number of hydrogen-bond donors (Lipinski definition) is 1. The fourth-order valence-electron chi connectivity index (χ4n) is 2.09. The van der Waals surface area contributed by atoms with Crippen molar-refractivity contribution in [2.24, 2.45) is 0 Å². The minimum Gasteiger partial charge on any atom is -0.340 e. The molecule has 1 fully saturated rings. The minimum absolute atomic E-state index is 0. The number of amides is 1. The molecular formula is C12H22Cl2N4OS. The smallest absolute Gasteiger partial charge is 0.223 e. The zero-order valence-corrected chi connectivity index (χ0v) is 14.0. The maximum atomic E-state index is 11.8. The summed E-state index contributed by atoms with van der Waals surface area (Å²) < 4.78 is 0. The maximum Gasteiger partial charge on any atom is 0.223 e. The molecule has 1 N–H and O–H groups in total. The first-order valence-electron chi connectivity index (χ1n) is 6.31. The van der Waals surface area contributed by atoms with Crippen LogP contribution in [0.1, 0.15) is 12.1 Å². The van der Waals surface area contributed by atoms with E-state index in [2.05, 4.69) is 20.6 Å². The van der Waals surface area contributed by atoms with E-state index < -0.39 is 0 Å². The first kappa shape index (κ1) is 19.6. The van der Waals surface area contributed by atoms with Gasteiger partial charge in [-0.3, -0.25) is 9.69 Å². The number of nitrogens with one attached hydrogen (secondary N) is 1. The number of piperazine rings is 1. The van der Waals surface area contributed by atoms with Gasteiger partial charge in [0.05, 0.1) is 11.2 Å². The van der Waals surface area contributed by atoms with Crippen molar-refractivity contribution in [1.82, 2.24) is 20.1 Å². The van der Waals surface area contributed by atoms with Crippen molar-refractivity contribution in [3.05, 3.63) is 16.6 Å². The lowest BCUT2D eigenvalue weighted by molar-refractivity contribution is -0.132. The average molecular weight is 341 g/mol. The largest absolute Gasteiger partial charge is 0.340 e. The summed E-state index contributed by atoms with van der Waals surface area (Å²) in [6, 6.07) is 0. The number of rotatable bonds is 5. The highest BCUT2D eigenvalue weighted by Gasteiger charge is 2.20. The Bertz CT molecular complexity index is 370. The molecule has 1 aliphatic rings. The average Bonchev–Trinajstić information content (AvgIpc) is 2.89. The molecule has 8 heteroatoms. The lowest BCUT2D eigenvalue weighted by Gasteiger charge is -2.34. The van der Waals surface area contributed by atoms with Crippen LogP contribution in [0.25, 0.3) is 0 Å². The molecule has 1 amide bonds. The van der Waals surface area contributed by atoms with E-state index in [9.17, 15) is 4.79 Å². The highest BCUT2D eigenvalue weighted by molar-refractivity contribution is 7.07.